The summed E-state index contributed by atoms with van der Waals surface area (Å²) in [5, 5.41) is 3.16. The maximum absolute atomic E-state index is 11.0. The summed E-state index contributed by atoms with van der Waals surface area (Å²) in [5.74, 6) is -0.311. The molecule has 4 nitrogen and oxygen atoms in total. The van der Waals surface area contributed by atoms with Crippen LogP contribution >= 0.6 is 0 Å². The van der Waals surface area contributed by atoms with Crippen molar-refractivity contribution in [2.75, 3.05) is 18.0 Å². The zero-order valence-corrected chi connectivity index (χ0v) is 10.9. The fraction of sp³-hybridized carbons (Fsp3) is 0.500. The maximum atomic E-state index is 11.0. The van der Waals surface area contributed by atoms with Crippen LogP contribution in [0.5, 0.6) is 0 Å². The molecule has 0 radical (unpaired) electrons. The van der Waals surface area contributed by atoms with E-state index in [4.69, 9.17) is 5.73 Å². The molecular formula is C14H21N3O. The average molecular weight is 247 g/mol. The minimum Gasteiger partial charge on any atom is -0.371 e. The molecule has 1 unspecified atom stereocenters. The minimum absolute atomic E-state index is 0.295. The van der Waals surface area contributed by atoms with Crippen molar-refractivity contribution in [3.63, 3.8) is 0 Å². The predicted octanol–water partition coefficient (Wildman–Crippen LogP) is 1.25. The third kappa shape index (κ3) is 3.01. The van der Waals surface area contributed by atoms with Gasteiger partial charge in [-0.25, -0.2) is 0 Å². The molecule has 1 saturated heterocycles. The molecule has 0 aromatic heterocycles. The summed E-state index contributed by atoms with van der Waals surface area (Å²) in [5.41, 5.74) is 7.75. The number of primary amides is 1. The molecule has 1 aromatic carbocycles. The van der Waals surface area contributed by atoms with Gasteiger partial charge >= 0.3 is 0 Å². The standard InChI is InChI=1S/C14H21N3O/c1-11(14(15)18)16-10-12-6-2-3-7-13(12)17-8-4-5-9-17/h2-3,6-7,11,16H,4-5,8-10H2,1H3,(H2,15,18). The van der Waals surface area contributed by atoms with E-state index in [2.05, 4.69) is 28.4 Å². The third-order valence-electron chi connectivity index (χ3n) is 3.46. The van der Waals surface area contributed by atoms with E-state index in [0.29, 0.717) is 6.54 Å². The fourth-order valence-corrected chi connectivity index (χ4v) is 2.29. The second-order valence-electron chi connectivity index (χ2n) is 4.83. The molecule has 2 rings (SSSR count). The number of hydrogen-bond acceptors (Lipinski definition) is 3. The Bertz CT molecular complexity index is 413. The van der Waals surface area contributed by atoms with Crippen LogP contribution in [-0.4, -0.2) is 25.0 Å². The second kappa shape index (κ2) is 5.87. The molecule has 98 valence electrons. The Hall–Kier alpha value is -1.55. The van der Waals surface area contributed by atoms with Crippen molar-refractivity contribution < 1.29 is 4.79 Å². The number of nitrogens with one attached hydrogen (secondary N) is 1. The Morgan fingerprint density at radius 2 is 2.06 bits per heavy atom. The number of para-hydroxylation sites is 1. The van der Waals surface area contributed by atoms with Gasteiger partial charge in [-0.1, -0.05) is 18.2 Å². The summed E-state index contributed by atoms with van der Waals surface area (Å²) in [6.45, 7) is 4.72. The molecule has 1 amide bonds. The van der Waals surface area contributed by atoms with Crippen molar-refractivity contribution in [3.05, 3.63) is 29.8 Å². The van der Waals surface area contributed by atoms with E-state index in [1.165, 1.54) is 24.1 Å². The molecule has 0 aliphatic carbocycles. The molecule has 4 heteroatoms. The van der Waals surface area contributed by atoms with E-state index < -0.39 is 0 Å². The van der Waals surface area contributed by atoms with Crippen LogP contribution in [0.25, 0.3) is 0 Å². The molecule has 1 fully saturated rings. The second-order valence-corrected chi connectivity index (χ2v) is 4.83. The van der Waals surface area contributed by atoms with Gasteiger partial charge < -0.3 is 16.0 Å². The molecule has 1 aromatic rings. The van der Waals surface area contributed by atoms with Gasteiger partial charge in [0.15, 0.2) is 0 Å². The van der Waals surface area contributed by atoms with Gasteiger partial charge in [0.2, 0.25) is 5.91 Å². The monoisotopic (exact) mass is 247 g/mol. The summed E-state index contributed by atoms with van der Waals surface area (Å²) < 4.78 is 0. The zero-order chi connectivity index (χ0) is 13.0. The van der Waals surface area contributed by atoms with Gasteiger partial charge in [-0.3, -0.25) is 4.79 Å². The van der Waals surface area contributed by atoms with Crippen LogP contribution in [-0.2, 0) is 11.3 Å². The Balaban J connectivity index is 2.05. The van der Waals surface area contributed by atoms with E-state index in [9.17, 15) is 4.79 Å². The van der Waals surface area contributed by atoms with Crippen molar-refractivity contribution in [3.8, 4) is 0 Å². The SMILES string of the molecule is CC(NCc1ccccc1N1CCCC1)C(N)=O. The van der Waals surface area contributed by atoms with Crippen molar-refractivity contribution >= 4 is 11.6 Å². The Morgan fingerprint density at radius 1 is 1.39 bits per heavy atom. The van der Waals surface area contributed by atoms with E-state index in [1.807, 2.05) is 6.07 Å². The summed E-state index contributed by atoms with van der Waals surface area (Å²) in [6.07, 6.45) is 2.53. The summed E-state index contributed by atoms with van der Waals surface area (Å²) in [7, 11) is 0. The molecule has 0 saturated carbocycles. The largest absolute Gasteiger partial charge is 0.371 e. The van der Waals surface area contributed by atoms with Gasteiger partial charge in [-0.2, -0.15) is 0 Å². The zero-order valence-electron chi connectivity index (χ0n) is 10.9. The number of benzene rings is 1. The highest BCUT2D eigenvalue weighted by molar-refractivity contribution is 5.79. The van der Waals surface area contributed by atoms with Crippen LogP contribution in [0.1, 0.15) is 25.3 Å². The number of hydrogen-bond donors (Lipinski definition) is 2. The Labute approximate surface area is 108 Å². The predicted molar refractivity (Wildman–Crippen MR) is 73.4 cm³/mol. The Morgan fingerprint density at radius 3 is 2.72 bits per heavy atom. The first-order valence-electron chi connectivity index (χ1n) is 6.54. The van der Waals surface area contributed by atoms with Gasteiger partial charge in [-0.05, 0) is 31.4 Å². The van der Waals surface area contributed by atoms with Gasteiger partial charge in [0.05, 0.1) is 6.04 Å². The summed E-state index contributed by atoms with van der Waals surface area (Å²) >= 11 is 0. The highest BCUT2D eigenvalue weighted by Gasteiger charge is 2.16. The molecule has 1 aliphatic rings. The van der Waals surface area contributed by atoms with E-state index >= 15 is 0 Å². The summed E-state index contributed by atoms with van der Waals surface area (Å²) in [6, 6.07) is 8.06. The number of carbonyl (C=O) groups is 1. The number of anilines is 1. The lowest BCUT2D eigenvalue weighted by Crippen LogP contribution is -2.38. The number of rotatable bonds is 5. The lowest BCUT2D eigenvalue weighted by Gasteiger charge is -2.22. The maximum Gasteiger partial charge on any atom is 0.234 e. The third-order valence-corrected chi connectivity index (χ3v) is 3.46. The average Bonchev–Trinajstić information content (AvgIpc) is 2.89. The van der Waals surface area contributed by atoms with Crippen molar-refractivity contribution in [1.29, 1.82) is 0 Å². The molecule has 18 heavy (non-hydrogen) atoms. The fourth-order valence-electron chi connectivity index (χ4n) is 2.29. The lowest BCUT2D eigenvalue weighted by atomic mass is 10.1. The molecule has 3 N–H and O–H groups in total. The lowest BCUT2D eigenvalue weighted by molar-refractivity contribution is -0.119. The number of nitrogens with zero attached hydrogens (tertiary/aromatic N) is 1. The molecule has 1 heterocycles. The van der Waals surface area contributed by atoms with Gasteiger partial charge in [0.1, 0.15) is 0 Å². The van der Waals surface area contributed by atoms with Crippen molar-refractivity contribution in [2.24, 2.45) is 5.73 Å². The summed E-state index contributed by atoms with van der Waals surface area (Å²) in [4.78, 5) is 13.4. The van der Waals surface area contributed by atoms with Crippen LogP contribution in [0.4, 0.5) is 5.69 Å². The molecule has 1 aliphatic heterocycles. The smallest absolute Gasteiger partial charge is 0.234 e. The quantitative estimate of drug-likeness (QED) is 0.823. The molecule has 0 bridgehead atoms. The van der Waals surface area contributed by atoms with Gasteiger partial charge in [0, 0.05) is 25.3 Å². The minimum atomic E-state index is -0.311. The molecule has 1 atom stereocenters. The highest BCUT2D eigenvalue weighted by atomic mass is 16.1. The topological polar surface area (TPSA) is 58.4 Å². The molecule has 0 spiro atoms. The highest BCUT2D eigenvalue weighted by Crippen LogP contribution is 2.24. The van der Waals surface area contributed by atoms with Crippen LogP contribution in [0.3, 0.4) is 0 Å². The van der Waals surface area contributed by atoms with Crippen molar-refractivity contribution in [1.82, 2.24) is 5.32 Å². The normalized spacial score (nSPS) is 16.8. The van der Waals surface area contributed by atoms with Gasteiger partial charge in [-0.15, -0.1) is 0 Å². The number of nitrogens with two attached hydrogens (primary N) is 1. The van der Waals surface area contributed by atoms with E-state index in [0.717, 1.165) is 13.1 Å². The van der Waals surface area contributed by atoms with Crippen molar-refractivity contribution in [2.45, 2.75) is 32.4 Å². The van der Waals surface area contributed by atoms with E-state index in [1.54, 1.807) is 6.92 Å². The molecular weight excluding hydrogens is 226 g/mol. The first kappa shape index (κ1) is 12.9. The number of amides is 1. The van der Waals surface area contributed by atoms with Gasteiger partial charge in [0.25, 0.3) is 0 Å². The van der Waals surface area contributed by atoms with E-state index in [-0.39, 0.29) is 11.9 Å². The first-order chi connectivity index (χ1) is 8.68. The van der Waals surface area contributed by atoms with Crippen LogP contribution < -0.4 is 16.0 Å². The van der Waals surface area contributed by atoms with Crippen LogP contribution in [0, 0.1) is 0 Å². The van der Waals surface area contributed by atoms with Crippen LogP contribution in [0.2, 0.25) is 0 Å². The number of carbonyl (C=O) groups excluding carboxylic acids is 1. The van der Waals surface area contributed by atoms with Crippen LogP contribution in [0.15, 0.2) is 24.3 Å². The first-order valence-corrected chi connectivity index (χ1v) is 6.54. The Kier molecular flexibility index (Phi) is 4.20.